The van der Waals surface area contributed by atoms with Crippen molar-refractivity contribution in [1.82, 2.24) is 5.32 Å². The molecular weight excluding hydrogens is 284 g/mol. The van der Waals surface area contributed by atoms with E-state index in [1.165, 1.54) is 24.1 Å². The zero-order valence-electron chi connectivity index (χ0n) is 13.4. The summed E-state index contributed by atoms with van der Waals surface area (Å²) in [5.41, 5.74) is 2.56. The quantitative estimate of drug-likeness (QED) is 0.752. The maximum absolute atomic E-state index is 6.19. The lowest BCUT2D eigenvalue weighted by molar-refractivity contribution is 0.204. The molecule has 1 aromatic rings. The molecule has 4 heteroatoms. The monoisotopic (exact) mass is 310 g/mol. The normalized spacial score (nSPS) is 14.7. The molecule has 2 rings (SSSR count). The van der Waals surface area contributed by atoms with Gasteiger partial charge in [0.1, 0.15) is 0 Å². The minimum atomic E-state index is 0.613. The first-order valence-electron chi connectivity index (χ1n) is 7.86. The molecule has 0 saturated heterocycles. The second kappa shape index (κ2) is 8.02. The van der Waals surface area contributed by atoms with E-state index < -0.39 is 0 Å². The van der Waals surface area contributed by atoms with Gasteiger partial charge in [-0.25, -0.2) is 0 Å². The van der Waals surface area contributed by atoms with Crippen molar-refractivity contribution in [3.05, 3.63) is 28.8 Å². The third-order valence-corrected chi connectivity index (χ3v) is 3.93. The van der Waals surface area contributed by atoms with Crippen LogP contribution < -0.4 is 10.2 Å². The highest BCUT2D eigenvalue weighted by molar-refractivity contribution is 6.30. The number of anilines is 1. The molecule has 0 heterocycles. The van der Waals surface area contributed by atoms with Gasteiger partial charge in [-0.1, -0.05) is 25.4 Å². The summed E-state index contributed by atoms with van der Waals surface area (Å²) in [7, 11) is 1.75. The van der Waals surface area contributed by atoms with E-state index in [0.29, 0.717) is 12.0 Å². The molecule has 21 heavy (non-hydrogen) atoms. The lowest BCUT2D eigenvalue weighted by Crippen LogP contribution is -2.32. The van der Waals surface area contributed by atoms with Gasteiger partial charge in [-0.05, 0) is 42.5 Å². The topological polar surface area (TPSA) is 24.5 Å². The molecule has 0 atom stereocenters. The van der Waals surface area contributed by atoms with Gasteiger partial charge in [0.25, 0.3) is 0 Å². The molecule has 0 aromatic heterocycles. The van der Waals surface area contributed by atoms with Gasteiger partial charge in [0, 0.05) is 43.5 Å². The van der Waals surface area contributed by atoms with E-state index in [1.807, 2.05) is 6.07 Å². The fraction of sp³-hybridized carbons (Fsp3) is 0.647. The summed E-state index contributed by atoms with van der Waals surface area (Å²) < 4.78 is 5.26. The van der Waals surface area contributed by atoms with Crippen molar-refractivity contribution >= 4 is 17.3 Å². The summed E-state index contributed by atoms with van der Waals surface area (Å²) in [6, 6.07) is 6.92. The van der Waals surface area contributed by atoms with Crippen LogP contribution in [0.3, 0.4) is 0 Å². The number of nitrogens with zero attached hydrogens (tertiary/aromatic N) is 1. The Balaban J connectivity index is 2.14. The number of nitrogens with one attached hydrogen (secondary N) is 1. The second-order valence-corrected chi connectivity index (χ2v) is 6.70. The average Bonchev–Trinajstić information content (AvgIpc) is 3.25. The van der Waals surface area contributed by atoms with E-state index >= 15 is 0 Å². The van der Waals surface area contributed by atoms with Crippen molar-refractivity contribution in [3.63, 3.8) is 0 Å². The number of benzene rings is 1. The standard InChI is InChI=1S/C17H27ClN2O/c1-13(2)12-20(8-9-21-3)17-7-4-15(18)10-14(17)11-19-16-5-6-16/h4,7,10,13,16,19H,5-6,8-9,11-12H2,1-3H3. The smallest absolute Gasteiger partial charge is 0.0637 e. The average molecular weight is 311 g/mol. The first-order chi connectivity index (χ1) is 10.1. The molecule has 1 aliphatic rings. The van der Waals surface area contributed by atoms with E-state index in [-0.39, 0.29) is 0 Å². The molecule has 1 N–H and O–H groups in total. The van der Waals surface area contributed by atoms with Gasteiger partial charge in [-0.2, -0.15) is 0 Å². The highest BCUT2D eigenvalue weighted by Gasteiger charge is 2.21. The SMILES string of the molecule is COCCN(CC(C)C)c1ccc(Cl)cc1CNC1CC1. The van der Waals surface area contributed by atoms with E-state index in [1.54, 1.807) is 7.11 Å². The van der Waals surface area contributed by atoms with E-state index in [0.717, 1.165) is 31.3 Å². The van der Waals surface area contributed by atoms with Crippen LogP contribution in [-0.2, 0) is 11.3 Å². The molecule has 0 radical (unpaired) electrons. The predicted octanol–water partition coefficient (Wildman–Crippen LogP) is 3.70. The van der Waals surface area contributed by atoms with Crippen LogP contribution in [0.5, 0.6) is 0 Å². The fourth-order valence-electron chi connectivity index (χ4n) is 2.50. The molecule has 0 bridgehead atoms. The van der Waals surface area contributed by atoms with Gasteiger partial charge >= 0.3 is 0 Å². The van der Waals surface area contributed by atoms with Gasteiger partial charge < -0.3 is 15.0 Å². The first kappa shape index (κ1) is 16.6. The Bertz CT molecular complexity index is 446. The Labute approximate surface area is 133 Å². The molecule has 3 nitrogen and oxygen atoms in total. The summed E-state index contributed by atoms with van der Waals surface area (Å²) in [6.45, 7) is 8.07. The molecule has 0 unspecified atom stereocenters. The van der Waals surface area contributed by atoms with Crippen molar-refractivity contribution in [1.29, 1.82) is 0 Å². The number of hydrogen-bond acceptors (Lipinski definition) is 3. The molecule has 1 aliphatic carbocycles. The lowest BCUT2D eigenvalue weighted by atomic mass is 10.1. The summed E-state index contributed by atoms with van der Waals surface area (Å²) >= 11 is 6.19. The van der Waals surface area contributed by atoms with Crippen LogP contribution in [0.1, 0.15) is 32.3 Å². The van der Waals surface area contributed by atoms with Crippen molar-refractivity contribution in [2.75, 3.05) is 31.7 Å². The minimum Gasteiger partial charge on any atom is -0.383 e. The van der Waals surface area contributed by atoms with Crippen LogP contribution in [0.15, 0.2) is 18.2 Å². The Morgan fingerprint density at radius 1 is 1.38 bits per heavy atom. The molecule has 1 aromatic carbocycles. The van der Waals surface area contributed by atoms with E-state index in [9.17, 15) is 0 Å². The number of methoxy groups -OCH3 is 1. The largest absolute Gasteiger partial charge is 0.383 e. The Morgan fingerprint density at radius 3 is 2.76 bits per heavy atom. The van der Waals surface area contributed by atoms with Crippen molar-refractivity contribution in [3.8, 4) is 0 Å². The molecule has 0 amide bonds. The third-order valence-electron chi connectivity index (χ3n) is 3.69. The van der Waals surface area contributed by atoms with Crippen LogP contribution in [0.2, 0.25) is 5.02 Å². The van der Waals surface area contributed by atoms with Crippen molar-refractivity contribution in [2.45, 2.75) is 39.3 Å². The summed E-state index contributed by atoms with van der Waals surface area (Å²) in [4.78, 5) is 2.41. The minimum absolute atomic E-state index is 0.613. The number of hydrogen-bond donors (Lipinski definition) is 1. The van der Waals surface area contributed by atoms with Gasteiger partial charge in [0.2, 0.25) is 0 Å². The van der Waals surface area contributed by atoms with Gasteiger partial charge in [0.05, 0.1) is 6.61 Å². The Hall–Kier alpha value is -0.770. The molecule has 1 saturated carbocycles. The maximum Gasteiger partial charge on any atom is 0.0637 e. The molecule has 0 spiro atoms. The zero-order chi connectivity index (χ0) is 15.2. The van der Waals surface area contributed by atoms with Gasteiger partial charge in [-0.3, -0.25) is 0 Å². The maximum atomic E-state index is 6.19. The third kappa shape index (κ3) is 5.50. The zero-order valence-corrected chi connectivity index (χ0v) is 14.1. The summed E-state index contributed by atoms with van der Waals surface area (Å²) in [6.07, 6.45) is 2.60. The summed E-state index contributed by atoms with van der Waals surface area (Å²) in [5.74, 6) is 0.613. The van der Waals surface area contributed by atoms with Crippen LogP contribution in [0.4, 0.5) is 5.69 Å². The molecule has 1 fully saturated rings. The number of halogens is 1. The van der Waals surface area contributed by atoms with Crippen LogP contribution in [0.25, 0.3) is 0 Å². The lowest BCUT2D eigenvalue weighted by Gasteiger charge is -2.29. The fourth-order valence-corrected chi connectivity index (χ4v) is 2.69. The van der Waals surface area contributed by atoms with Crippen molar-refractivity contribution in [2.24, 2.45) is 5.92 Å². The number of rotatable bonds is 9. The van der Waals surface area contributed by atoms with E-state index in [4.69, 9.17) is 16.3 Å². The molecule has 0 aliphatic heterocycles. The van der Waals surface area contributed by atoms with Crippen LogP contribution in [-0.4, -0.2) is 32.8 Å². The first-order valence-corrected chi connectivity index (χ1v) is 8.23. The highest BCUT2D eigenvalue weighted by Crippen LogP contribution is 2.27. The van der Waals surface area contributed by atoms with Crippen LogP contribution >= 0.6 is 11.6 Å². The molecular formula is C17H27ClN2O. The molecule has 118 valence electrons. The Morgan fingerprint density at radius 2 is 2.14 bits per heavy atom. The summed E-state index contributed by atoms with van der Waals surface area (Å²) in [5, 5.41) is 4.40. The number of ether oxygens (including phenoxy) is 1. The Kier molecular flexibility index (Phi) is 6.34. The van der Waals surface area contributed by atoms with E-state index in [2.05, 4.69) is 36.2 Å². The van der Waals surface area contributed by atoms with Crippen molar-refractivity contribution < 1.29 is 4.74 Å². The van der Waals surface area contributed by atoms with Gasteiger partial charge in [-0.15, -0.1) is 0 Å². The van der Waals surface area contributed by atoms with Gasteiger partial charge in [0.15, 0.2) is 0 Å². The van der Waals surface area contributed by atoms with Crippen LogP contribution in [0, 0.1) is 5.92 Å². The second-order valence-electron chi connectivity index (χ2n) is 6.26. The highest BCUT2D eigenvalue weighted by atomic mass is 35.5. The predicted molar refractivity (Wildman–Crippen MR) is 90.2 cm³/mol.